The van der Waals surface area contributed by atoms with Crippen LogP contribution in [0.1, 0.15) is 27.2 Å². The summed E-state index contributed by atoms with van der Waals surface area (Å²) in [5, 5.41) is 34.6. The topological polar surface area (TPSA) is 191 Å². The molecule has 0 bridgehead atoms. The highest BCUT2D eigenvalue weighted by Crippen LogP contribution is 2.07. The first-order chi connectivity index (χ1) is 13.5. The van der Waals surface area contributed by atoms with Gasteiger partial charge >= 0.3 is 5.97 Å². The van der Waals surface area contributed by atoms with E-state index in [9.17, 15) is 24.3 Å². The molecule has 0 aliphatic rings. The third kappa shape index (κ3) is 9.43. The largest absolute Gasteiger partial charge is 0.480 e. The van der Waals surface area contributed by atoms with Crippen molar-refractivity contribution in [2.24, 2.45) is 11.7 Å². The number of hydrogen-bond donors (Lipinski definition) is 7. The molecule has 0 fully saturated rings. The minimum atomic E-state index is -1.50. The zero-order valence-corrected chi connectivity index (χ0v) is 17.9. The molecule has 5 atom stereocenters. The predicted octanol–water partition coefficient (Wildman–Crippen LogP) is -2.37. The minimum absolute atomic E-state index is 0.256. The third-order valence-electron chi connectivity index (χ3n) is 4.11. The van der Waals surface area contributed by atoms with Crippen LogP contribution < -0.4 is 21.7 Å². The first-order valence-electron chi connectivity index (χ1n) is 9.13. The average molecular weight is 437 g/mol. The van der Waals surface area contributed by atoms with E-state index < -0.39 is 66.5 Å². The molecule has 0 heterocycles. The van der Waals surface area contributed by atoms with Crippen molar-refractivity contribution >= 4 is 35.5 Å². The lowest BCUT2D eigenvalue weighted by Gasteiger charge is -2.27. The Hall–Kier alpha value is -1.89. The molecule has 29 heavy (non-hydrogen) atoms. The molecule has 5 unspecified atom stereocenters. The maximum absolute atomic E-state index is 12.7. The zero-order chi connectivity index (χ0) is 22.7. The second kappa shape index (κ2) is 13.4. The Morgan fingerprint density at radius 3 is 1.93 bits per heavy atom. The molecule has 3 amide bonds. The Balaban J connectivity index is 5.30. The van der Waals surface area contributed by atoms with Crippen molar-refractivity contribution < 1.29 is 34.5 Å². The maximum Gasteiger partial charge on any atom is 0.328 e. The number of carbonyl (C=O) groups is 4. The second-order valence-electron chi connectivity index (χ2n) is 6.92. The summed E-state index contributed by atoms with van der Waals surface area (Å²) in [5.41, 5.74) is 5.59. The van der Waals surface area contributed by atoms with E-state index in [2.05, 4.69) is 16.0 Å². The predicted molar refractivity (Wildman–Crippen MR) is 108 cm³/mol. The molecule has 0 aromatic carbocycles. The van der Waals surface area contributed by atoms with Crippen molar-refractivity contribution in [1.29, 1.82) is 0 Å². The molecule has 0 saturated heterocycles. The van der Waals surface area contributed by atoms with Gasteiger partial charge in [-0.1, -0.05) is 13.8 Å². The van der Waals surface area contributed by atoms with Gasteiger partial charge in [0, 0.05) is 0 Å². The highest BCUT2D eigenvalue weighted by atomic mass is 32.2. The number of carboxylic acid groups (broad SMARTS) is 1. The molecule has 11 nitrogen and oxygen atoms in total. The van der Waals surface area contributed by atoms with Crippen LogP contribution in [0.5, 0.6) is 0 Å². The molecule has 0 spiro atoms. The smallest absolute Gasteiger partial charge is 0.328 e. The molecule has 0 aromatic rings. The molecular weight excluding hydrogens is 404 g/mol. The second-order valence-corrected chi connectivity index (χ2v) is 7.91. The van der Waals surface area contributed by atoms with Gasteiger partial charge in [0.05, 0.1) is 12.7 Å². The Morgan fingerprint density at radius 1 is 0.966 bits per heavy atom. The van der Waals surface area contributed by atoms with Gasteiger partial charge in [0.2, 0.25) is 17.7 Å². The molecule has 0 aliphatic heterocycles. The number of aliphatic hydroxyl groups is 2. The number of nitrogens with one attached hydrogen (secondary N) is 3. The van der Waals surface area contributed by atoms with Gasteiger partial charge in [0.15, 0.2) is 0 Å². The van der Waals surface area contributed by atoms with Gasteiger partial charge in [0.25, 0.3) is 0 Å². The molecule has 12 heteroatoms. The van der Waals surface area contributed by atoms with Crippen LogP contribution >= 0.6 is 11.8 Å². The van der Waals surface area contributed by atoms with E-state index in [1.165, 1.54) is 18.7 Å². The van der Waals surface area contributed by atoms with Crippen LogP contribution in [0.25, 0.3) is 0 Å². The molecule has 168 valence electrons. The Kier molecular flexibility index (Phi) is 12.5. The van der Waals surface area contributed by atoms with Crippen LogP contribution in [-0.4, -0.2) is 87.9 Å². The van der Waals surface area contributed by atoms with Crippen molar-refractivity contribution in [3.05, 3.63) is 0 Å². The lowest BCUT2D eigenvalue weighted by atomic mass is 10.0. The fourth-order valence-corrected chi connectivity index (χ4v) is 2.70. The Morgan fingerprint density at radius 2 is 1.52 bits per heavy atom. The standard InChI is InChI=1S/C17H32N4O7S/c1-8(2)13(16(26)20-11(7-22)17(27)28)21-14(24)10(5-6-29-4)19-15(25)12(18)9(3)23/h8-13,22-23H,5-7,18H2,1-4H3,(H,19,25)(H,20,26)(H,21,24)(H,27,28). The third-order valence-corrected chi connectivity index (χ3v) is 4.75. The van der Waals surface area contributed by atoms with Gasteiger partial charge in [-0.05, 0) is 31.3 Å². The minimum Gasteiger partial charge on any atom is -0.480 e. The summed E-state index contributed by atoms with van der Waals surface area (Å²) in [6.45, 7) is 3.85. The first-order valence-corrected chi connectivity index (χ1v) is 10.5. The summed E-state index contributed by atoms with van der Waals surface area (Å²) in [5.74, 6) is -3.40. The number of carbonyl (C=O) groups excluding carboxylic acids is 3. The van der Waals surface area contributed by atoms with Gasteiger partial charge in [-0.25, -0.2) is 4.79 Å². The van der Waals surface area contributed by atoms with Crippen LogP contribution in [0.15, 0.2) is 0 Å². The van der Waals surface area contributed by atoms with Crippen molar-refractivity contribution in [3.8, 4) is 0 Å². The van der Waals surface area contributed by atoms with Crippen LogP contribution in [0, 0.1) is 5.92 Å². The van der Waals surface area contributed by atoms with E-state index in [4.69, 9.17) is 15.9 Å². The summed E-state index contributed by atoms with van der Waals surface area (Å²) in [7, 11) is 0. The summed E-state index contributed by atoms with van der Waals surface area (Å²) >= 11 is 1.45. The fourth-order valence-electron chi connectivity index (χ4n) is 2.23. The van der Waals surface area contributed by atoms with Crippen molar-refractivity contribution in [3.63, 3.8) is 0 Å². The molecule has 0 aliphatic carbocycles. The van der Waals surface area contributed by atoms with E-state index in [0.29, 0.717) is 5.75 Å². The number of thioether (sulfide) groups is 1. The van der Waals surface area contributed by atoms with Gasteiger partial charge in [-0.3, -0.25) is 14.4 Å². The monoisotopic (exact) mass is 436 g/mol. The Labute approximate surface area is 174 Å². The number of aliphatic hydroxyl groups excluding tert-OH is 2. The summed E-state index contributed by atoms with van der Waals surface area (Å²) < 4.78 is 0. The van der Waals surface area contributed by atoms with Crippen LogP contribution in [0.2, 0.25) is 0 Å². The van der Waals surface area contributed by atoms with Crippen molar-refractivity contribution in [1.82, 2.24) is 16.0 Å². The average Bonchev–Trinajstić information content (AvgIpc) is 2.65. The number of hydrogen-bond acceptors (Lipinski definition) is 8. The number of amides is 3. The van der Waals surface area contributed by atoms with Crippen LogP contribution in [0.4, 0.5) is 0 Å². The first kappa shape index (κ1) is 27.1. The maximum atomic E-state index is 12.7. The van der Waals surface area contributed by atoms with Gasteiger partial charge < -0.3 is 37.0 Å². The summed E-state index contributed by atoms with van der Waals surface area (Å²) in [4.78, 5) is 48.2. The SMILES string of the molecule is CSCCC(NC(=O)C(N)C(C)O)C(=O)NC(C(=O)NC(CO)C(=O)O)C(C)C. The van der Waals surface area contributed by atoms with Gasteiger partial charge in [0.1, 0.15) is 24.2 Å². The number of nitrogens with two attached hydrogens (primary N) is 1. The van der Waals surface area contributed by atoms with E-state index in [-0.39, 0.29) is 6.42 Å². The molecule has 0 saturated carbocycles. The van der Waals surface area contributed by atoms with E-state index in [0.717, 1.165) is 0 Å². The molecular formula is C17H32N4O7S. The lowest BCUT2D eigenvalue weighted by molar-refractivity contribution is -0.143. The van der Waals surface area contributed by atoms with E-state index in [1.54, 1.807) is 13.8 Å². The molecule has 0 rings (SSSR count). The van der Waals surface area contributed by atoms with Crippen LogP contribution in [0.3, 0.4) is 0 Å². The molecule has 8 N–H and O–H groups in total. The van der Waals surface area contributed by atoms with Crippen molar-refractivity contribution in [2.75, 3.05) is 18.6 Å². The highest BCUT2D eigenvalue weighted by Gasteiger charge is 2.32. The number of rotatable bonds is 13. The number of aliphatic carboxylic acids is 1. The quantitative estimate of drug-likeness (QED) is 0.165. The normalized spacial score (nSPS) is 16.3. The lowest BCUT2D eigenvalue weighted by Crippen LogP contribution is -2.59. The molecule has 0 aromatic heterocycles. The molecule has 0 radical (unpaired) electrons. The van der Waals surface area contributed by atoms with E-state index >= 15 is 0 Å². The van der Waals surface area contributed by atoms with E-state index in [1.807, 2.05) is 6.26 Å². The highest BCUT2D eigenvalue weighted by molar-refractivity contribution is 7.98. The van der Waals surface area contributed by atoms with Crippen LogP contribution in [-0.2, 0) is 19.2 Å². The van der Waals surface area contributed by atoms with Gasteiger partial charge in [-0.2, -0.15) is 11.8 Å². The fraction of sp³-hybridized carbons (Fsp3) is 0.765. The zero-order valence-electron chi connectivity index (χ0n) is 17.0. The number of carboxylic acids is 1. The van der Waals surface area contributed by atoms with Crippen molar-refractivity contribution in [2.45, 2.75) is 57.5 Å². The summed E-state index contributed by atoms with van der Waals surface area (Å²) in [6, 6.07) is -4.81. The Bertz CT molecular complexity index is 574. The van der Waals surface area contributed by atoms with Gasteiger partial charge in [-0.15, -0.1) is 0 Å². The summed E-state index contributed by atoms with van der Waals surface area (Å²) in [6.07, 6.45) is 0.968.